The molecule has 0 N–H and O–H groups in total. The Kier molecular flexibility index (Phi) is 2.96. The van der Waals surface area contributed by atoms with Crippen molar-refractivity contribution in [2.45, 2.75) is 0 Å². The van der Waals surface area contributed by atoms with Gasteiger partial charge in [-0.2, -0.15) is 5.11 Å². The van der Waals surface area contributed by atoms with E-state index in [1.54, 1.807) is 0 Å². The van der Waals surface area contributed by atoms with E-state index in [1.807, 2.05) is 0 Å². The second-order valence-electron chi connectivity index (χ2n) is 0.785. The average molecular weight is 101 g/mol. The maximum absolute atomic E-state index is 9.87. The van der Waals surface area contributed by atoms with Gasteiger partial charge in [0.2, 0.25) is 6.79 Å². The predicted molar refractivity (Wildman–Crippen MR) is 21.8 cm³/mol. The Balaban J connectivity index is 3.17. The summed E-state index contributed by atoms with van der Waals surface area (Å²) in [5, 5.41) is 9.41. The van der Waals surface area contributed by atoms with Crippen LogP contribution in [0.3, 0.4) is 0 Å². The van der Waals surface area contributed by atoms with Gasteiger partial charge in [-0.15, -0.1) is 0 Å². The molecule has 1 radical (unpaired) electrons. The summed E-state index contributed by atoms with van der Waals surface area (Å²) in [5.41, 5.74) is 0. The third-order valence-corrected chi connectivity index (χ3v) is 0.368. The molecule has 0 saturated carbocycles. The summed E-state index contributed by atoms with van der Waals surface area (Å²) in [6, 6.07) is 0. The summed E-state index contributed by atoms with van der Waals surface area (Å²) < 4.78 is 3.88. The number of carbonyl (C=O) groups excluding carboxylic acids is 1. The van der Waals surface area contributed by atoms with Crippen LogP contribution in [0.2, 0.25) is 0 Å². The minimum Gasteiger partial charge on any atom is -0.432 e. The highest BCUT2D eigenvalue weighted by Crippen LogP contribution is 1.73. The van der Waals surface area contributed by atoms with Gasteiger partial charge in [-0.25, -0.2) is 4.79 Å². The van der Waals surface area contributed by atoms with Crippen LogP contribution in [0.15, 0.2) is 12.7 Å². The molecule has 0 amide bonds. The summed E-state index contributed by atoms with van der Waals surface area (Å²) in [5.74, 6) is -0.671. The zero-order valence-electron chi connectivity index (χ0n) is 3.72. The topological polar surface area (TPSA) is 46.2 Å². The van der Waals surface area contributed by atoms with Crippen LogP contribution in [0.4, 0.5) is 0 Å². The van der Waals surface area contributed by atoms with Gasteiger partial charge in [0.25, 0.3) is 0 Å². The van der Waals surface area contributed by atoms with E-state index in [4.69, 9.17) is 0 Å². The molecule has 7 heavy (non-hydrogen) atoms. The van der Waals surface area contributed by atoms with E-state index in [0.717, 1.165) is 6.08 Å². The lowest BCUT2D eigenvalue weighted by molar-refractivity contribution is -0.149. The van der Waals surface area contributed by atoms with Crippen LogP contribution >= 0.6 is 0 Å². The van der Waals surface area contributed by atoms with Crippen LogP contribution in [0, 0.1) is 0 Å². The quantitative estimate of drug-likeness (QED) is 0.281. The Morgan fingerprint density at radius 2 is 2.43 bits per heavy atom. The van der Waals surface area contributed by atoms with Crippen molar-refractivity contribution in [3.63, 3.8) is 0 Å². The second kappa shape index (κ2) is 3.36. The Morgan fingerprint density at radius 1 is 1.86 bits per heavy atom. The maximum atomic E-state index is 9.87. The summed E-state index contributed by atoms with van der Waals surface area (Å²) in [6.07, 6.45) is 0.942. The lowest BCUT2D eigenvalue weighted by atomic mass is 10.7. The first-order valence-electron chi connectivity index (χ1n) is 1.68. The van der Waals surface area contributed by atoms with E-state index in [0.29, 0.717) is 0 Å². The number of ether oxygens (including phenoxy) is 1. The minimum atomic E-state index is -0.829. The maximum Gasteiger partial charge on any atom is 0.332 e. The molecule has 0 aromatic heterocycles. The molecule has 0 aliphatic rings. The molecule has 0 atom stereocenters. The van der Waals surface area contributed by atoms with Crippen molar-refractivity contribution in [1.82, 2.24) is 0 Å². The van der Waals surface area contributed by atoms with Crippen molar-refractivity contribution in [1.29, 1.82) is 0 Å². The molecule has 0 aliphatic heterocycles. The third kappa shape index (κ3) is 2.99. The van der Waals surface area contributed by atoms with Gasteiger partial charge in [0.15, 0.2) is 0 Å². The number of carbonyl (C=O) groups is 1. The van der Waals surface area contributed by atoms with Crippen molar-refractivity contribution in [3.05, 3.63) is 12.7 Å². The molecule has 0 aromatic carbocycles. The molecule has 0 aliphatic carbocycles. The Morgan fingerprint density at radius 3 is 2.57 bits per heavy atom. The summed E-state index contributed by atoms with van der Waals surface area (Å²) in [6.45, 7) is 2.24. The third-order valence-electron chi connectivity index (χ3n) is 0.368. The monoisotopic (exact) mass is 101 g/mol. The molecule has 0 heterocycles. The first-order valence-corrected chi connectivity index (χ1v) is 1.68. The lowest BCUT2D eigenvalue weighted by Crippen LogP contribution is -1.98. The van der Waals surface area contributed by atoms with Crippen LogP contribution < -0.4 is 0 Å². The summed E-state index contributed by atoms with van der Waals surface area (Å²) in [4.78, 5) is 9.87. The fourth-order valence-electron chi connectivity index (χ4n) is 0.117. The van der Waals surface area contributed by atoms with Crippen LogP contribution in [0.25, 0.3) is 0 Å². The van der Waals surface area contributed by atoms with Gasteiger partial charge in [0.1, 0.15) is 0 Å². The van der Waals surface area contributed by atoms with E-state index in [-0.39, 0.29) is 0 Å². The van der Waals surface area contributed by atoms with Crippen LogP contribution in [-0.4, -0.2) is 12.8 Å². The highest BCUT2D eigenvalue weighted by atomic mass is 16.6. The molecular formula is C4H5O3. The summed E-state index contributed by atoms with van der Waals surface area (Å²) in [7, 11) is 0. The number of hydrogen-bond acceptors (Lipinski definition) is 2. The molecule has 0 rings (SSSR count). The largest absolute Gasteiger partial charge is 0.432 e. The zero-order valence-corrected chi connectivity index (χ0v) is 3.72. The van der Waals surface area contributed by atoms with E-state index < -0.39 is 12.8 Å². The van der Waals surface area contributed by atoms with Crippen molar-refractivity contribution in [3.8, 4) is 0 Å². The smallest absolute Gasteiger partial charge is 0.332 e. The molecule has 0 aromatic rings. The van der Waals surface area contributed by atoms with Gasteiger partial charge in [-0.3, -0.25) is 0 Å². The van der Waals surface area contributed by atoms with Crippen LogP contribution in [0.5, 0.6) is 0 Å². The highest BCUT2D eigenvalue weighted by Gasteiger charge is 1.88. The van der Waals surface area contributed by atoms with Gasteiger partial charge < -0.3 is 4.74 Å². The molecule has 39 valence electrons. The molecule has 0 saturated heterocycles. The molecular weight excluding hydrogens is 96.0 g/mol. The molecule has 0 unspecified atom stereocenters. The van der Waals surface area contributed by atoms with E-state index >= 15 is 0 Å². The van der Waals surface area contributed by atoms with Crippen molar-refractivity contribution >= 4 is 5.97 Å². The molecule has 0 fully saturated rings. The average Bonchev–Trinajstić information content (AvgIpc) is 1.68. The van der Waals surface area contributed by atoms with Crippen molar-refractivity contribution in [2.24, 2.45) is 0 Å². The van der Waals surface area contributed by atoms with Gasteiger partial charge in [-0.05, 0) is 0 Å². The van der Waals surface area contributed by atoms with Gasteiger partial charge in [-0.1, -0.05) is 6.58 Å². The first kappa shape index (κ1) is 6.17. The Hall–Kier alpha value is -0.830. The molecule has 3 nitrogen and oxygen atoms in total. The standard InChI is InChI=1S/C4H5O3/c1-2-4(6)7-3-5/h2H,1,3H2. The predicted octanol–water partition coefficient (Wildman–Crippen LogP) is 0.104. The Labute approximate surface area is 41.2 Å². The molecule has 3 heteroatoms. The normalized spacial score (nSPS) is 7.57. The van der Waals surface area contributed by atoms with Crippen LogP contribution in [-0.2, 0) is 14.6 Å². The van der Waals surface area contributed by atoms with Crippen molar-refractivity contribution in [2.75, 3.05) is 6.79 Å². The summed E-state index contributed by atoms with van der Waals surface area (Å²) >= 11 is 0. The lowest BCUT2D eigenvalue weighted by Gasteiger charge is -1.88. The zero-order chi connectivity index (χ0) is 5.70. The van der Waals surface area contributed by atoms with Gasteiger partial charge in [0, 0.05) is 6.08 Å². The first-order chi connectivity index (χ1) is 3.31. The van der Waals surface area contributed by atoms with Gasteiger partial charge >= 0.3 is 5.97 Å². The minimum absolute atomic E-state index is 0.671. The number of rotatable bonds is 2. The Bertz CT molecular complexity index is 77.0. The highest BCUT2D eigenvalue weighted by molar-refractivity contribution is 5.81. The molecule has 0 spiro atoms. The van der Waals surface area contributed by atoms with E-state index in [9.17, 15) is 9.90 Å². The van der Waals surface area contributed by atoms with Crippen molar-refractivity contribution < 1.29 is 14.6 Å². The van der Waals surface area contributed by atoms with E-state index in [1.165, 1.54) is 0 Å². The fraction of sp³-hybridized carbons (Fsp3) is 0.250. The van der Waals surface area contributed by atoms with Gasteiger partial charge in [0.05, 0.1) is 0 Å². The number of esters is 1. The number of hydrogen-bond donors (Lipinski definition) is 0. The fourth-order valence-corrected chi connectivity index (χ4v) is 0.117. The van der Waals surface area contributed by atoms with E-state index in [2.05, 4.69) is 11.3 Å². The molecule has 0 bridgehead atoms. The second-order valence-corrected chi connectivity index (χ2v) is 0.785. The van der Waals surface area contributed by atoms with Crippen LogP contribution in [0.1, 0.15) is 0 Å². The SMILES string of the molecule is C=CC(=O)OC[O].